The van der Waals surface area contributed by atoms with Gasteiger partial charge >= 0.3 is 0 Å². The van der Waals surface area contributed by atoms with Gasteiger partial charge in [-0.15, -0.1) is 23.7 Å². The van der Waals surface area contributed by atoms with E-state index < -0.39 is 0 Å². The highest BCUT2D eigenvalue weighted by Gasteiger charge is 2.03. The molecule has 0 radical (unpaired) electrons. The van der Waals surface area contributed by atoms with Crippen LogP contribution in [0.25, 0.3) is 11.3 Å². The Labute approximate surface area is 105 Å². The maximum absolute atomic E-state index is 4.53. The van der Waals surface area contributed by atoms with Crippen molar-refractivity contribution in [2.75, 3.05) is 6.54 Å². The van der Waals surface area contributed by atoms with Crippen LogP contribution in [0.4, 0.5) is 0 Å². The minimum absolute atomic E-state index is 0. The van der Waals surface area contributed by atoms with Crippen molar-refractivity contribution in [3.63, 3.8) is 0 Å². The van der Waals surface area contributed by atoms with Crippen molar-refractivity contribution >= 4 is 23.7 Å². The molecule has 0 bridgehead atoms. The normalized spacial score (nSPS) is 9.81. The quantitative estimate of drug-likeness (QED) is 0.913. The van der Waals surface area contributed by atoms with Crippen molar-refractivity contribution in [3.05, 3.63) is 34.9 Å². The molecule has 3 nitrogen and oxygen atoms in total. The molecule has 0 aliphatic rings. The number of halogens is 1. The number of pyridine rings is 1. The third-order valence-electron chi connectivity index (χ3n) is 2.04. The van der Waals surface area contributed by atoms with Gasteiger partial charge in [0.1, 0.15) is 5.01 Å². The first-order valence-electron chi connectivity index (χ1n) is 4.95. The summed E-state index contributed by atoms with van der Waals surface area (Å²) in [7, 11) is 0. The average molecular weight is 256 g/mol. The molecule has 2 rings (SSSR count). The molecule has 0 saturated carbocycles. The Kier molecular flexibility index (Phi) is 5.38. The third kappa shape index (κ3) is 3.27. The Morgan fingerprint density at radius 2 is 2.31 bits per heavy atom. The van der Waals surface area contributed by atoms with E-state index in [1.165, 1.54) is 0 Å². The van der Waals surface area contributed by atoms with E-state index in [1.807, 2.05) is 18.3 Å². The molecule has 0 amide bonds. The lowest BCUT2D eigenvalue weighted by Gasteiger charge is -1.96. The summed E-state index contributed by atoms with van der Waals surface area (Å²) in [6.07, 6.45) is 3.61. The van der Waals surface area contributed by atoms with Gasteiger partial charge in [0.2, 0.25) is 0 Å². The highest BCUT2D eigenvalue weighted by atomic mass is 35.5. The molecule has 2 aromatic heterocycles. The van der Waals surface area contributed by atoms with Gasteiger partial charge in [0, 0.05) is 29.9 Å². The van der Waals surface area contributed by atoms with Gasteiger partial charge in [0.05, 0.1) is 5.69 Å². The zero-order chi connectivity index (χ0) is 10.5. The summed E-state index contributed by atoms with van der Waals surface area (Å²) in [5.41, 5.74) is 2.09. The summed E-state index contributed by atoms with van der Waals surface area (Å²) in [6, 6.07) is 3.96. The Balaban J connectivity index is 0.00000128. The number of nitrogens with one attached hydrogen (secondary N) is 1. The molecule has 1 N–H and O–H groups in total. The first-order chi connectivity index (χ1) is 7.40. The second-order valence-electron chi connectivity index (χ2n) is 3.15. The second kappa shape index (κ2) is 6.58. The molecule has 0 aliphatic heterocycles. The van der Waals surface area contributed by atoms with Crippen molar-refractivity contribution in [2.45, 2.75) is 13.5 Å². The first-order valence-corrected chi connectivity index (χ1v) is 5.83. The highest BCUT2D eigenvalue weighted by molar-refractivity contribution is 7.09. The number of nitrogens with zero attached hydrogens (tertiary/aromatic N) is 2. The molecular formula is C11H14ClN3S. The lowest BCUT2D eigenvalue weighted by Crippen LogP contribution is -2.11. The third-order valence-corrected chi connectivity index (χ3v) is 2.88. The number of thiazole rings is 1. The van der Waals surface area contributed by atoms with E-state index >= 15 is 0 Å². The molecular weight excluding hydrogens is 242 g/mol. The summed E-state index contributed by atoms with van der Waals surface area (Å²) in [5.74, 6) is 0. The van der Waals surface area contributed by atoms with Crippen LogP contribution in [0.1, 0.15) is 11.9 Å². The van der Waals surface area contributed by atoms with Crippen molar-refractivity contribution in [2.24, 2.45) is 0 Å². The van der Waals surface area contributed by atoms with Crippen LogP contribution in [0.5, 0.6) is 0 Å². The van der Waals surface area contributed by atoms with E-state index in [-0.39, 0.29) is 12.4 Å². The number of hydrogen-bond donors (Lipinski definition) is 1. The van der Waals surface area contributed by atoms with Gasteiger partial charge in [-0.05, 0) is 18.7 Å². The topological polar surface area (TPSA) is 37.8 Å². The summed E-state index contributed by atoms with van der Waals surface area (Å²) in [4.78, 5) is 8.62. The van der Waals surface area contributed by atoms with Gasteiger partial charge in [-0.2, -0.15) is 0 Å². The van der Waals surface area contributed by atoms with Gasteiger partial charge in [-0.3, -0.25) is 4.98 Å². The minimum atomic E-state index is 0. The first kappa shape index (κ1) is 13.1. The molecule has 0 unspecified atom stereocenters. The highest BCUT2D eigenvalue weighted by Crippen LogP contribution is 2.20. The summed E-state index contributed by atoms with van der Waals surface area (Å²) >= 11 is 1.68. The minimum Gasteiger partial charge on any atom is -0.311 e. The average Bonchev–Trinajstić information content (AvgIpc) is 2.76. The Morgan fingerprint density at radius 1 is 1.44 bits per heavy atom. The fourth-order valence-electron chi connectivity index (χ4n) is 1.27. The standard InChI is InChI=1S/C11H13N3S.ClH/c1-2-12-7-11-14-10(8-15-11)9-4-3-5-13-6-9;/h3-6,8,12H,2,7H2,1H3;1H. The molecule has 0 spiro atoms. The molecule has 5 heteroatoms. The molecule has 2 aromatic rings. The molecule has 0 aliphatic carbocycles. The smallest absolute Gasteiger partial charge is 0.107 e. The van der Waals surface area contributed by atoms with Crippen LogP contribution in [0.3, 0.4) is 0 Å². The van der Waals surface area contributed by atoms with Gasteiger partial charge in [-0.25, -0.2) is 4.98 Å². The summed E-state index contributed by atoms with van der Waals surface area (Å²) < 4.78 is 0. The fraction of sp³-hybridized carbons (Fsp3) is 0.273. The van der Waals surface area contributed by atoms with Gasteiger partial charge < -0.3 is 5.32 Å². The van der Waals surface area contributed by atoms with Crippen molar-refractivity contribution < 1.29 is 0 Å². The molecule has 0 aromatic carbocycles. The van der Waals surface area contributed by atoms with E-state index in [0.29, 0.717) is 0 Å². The largest absolute Gasteiger partial charge is 0.311 e. The molecule has 86 valence electrons. The Morgan fingerprint density at radius 3 is 3.00 bits per heavy atom. The number of aromatic nitrogens is 2. The van der Waals surface area contributed by atoms with Crippen LogP contribution in [0.15, 0.2) is 29.9 Å². The van der Waals surface area contributed by atoms with Crippen molar-refractivity contribution in [1.82, 2.24) is 15.3 Å². The molecule has 16 heavy (non-hydrogen) atoms. The van der Waals surface area contributed by atoms with E-state index in [2.05, 4.69) is 27.6 Å². The molecule has 2 heterocycles. The van der Waals surface area contributed by atoms with Gasteiger partial charge in [-0.1, -0.05) is 6.92 Å². The maximum Gasteiger partial charge on any atom is 0.107 e. The van der Waals surface area contributed by atoms with Crippen LogP contribution in [0, 0.1) is 0 Å². The van der Waals surface area contributed by atoms with Gasteiger partial charge in [0.15, 0.2) is 0 Å². The van der Waals surface area contributed by atoms with Crippen molar-refractivity contribution in [1.29, 1.82) is 0 Å². The molecule has 0 fully saturated rings. The molecule has 0 saturated heterocycles. The Hall–Kier alpha value is -0.970. The summed E-state index contributed by atoms with van der Waals surface area (Å²) in [5, 5.41) is 6.46. The number of rotatable bonds is 4. The SMILES string of the molecule is CCNCc1nc(-c2cccnc2)cs1.Cl. The monoisotopic (exact) mass is 255 g/mol. The van der Waals surface area contributed by atoms with Crippen LogP contribution in [-0.4, -0.2) is 16.5 Å². The lowest BCUT2D eigenvalue weighted by molar-refractivity contribution is 0.723. The van der Waals surface area contributed by atoms with Crippen LogP contribution in [0.2, 0.25) is 0 Å². The van der Waals surface area contributed by atoms with Crippen LogP contribution in [-0.2, 0) is 6.54 Å². The van der Waals surface area contributed by atoms with E-state index in [4.69, 9.17) is 0 Å². The maximum atomic E-state index is 4.53. The Bertz CT molecular complexity index is 416. The fourth-order valence-corrected chi connectivity index (χ4v) is 2.04. The number of hydrogen-bond acceptors (Lipinski definition) is 4. The predicted octanol–water partition coefficient (Wildman–Crippen LogP) is 2.74. The summed E-state index contributed by atoms with van der Waals surface area (Å²) in [6.45, 7) is 3.92. The lowest BCUT2D eigenvalue weighted by atomic mass is 10.2. The van der Waals surface area contributed by atoms with Crippen LogP contribution >= 0.6 is 23.7 Å². The zero-order valence-electron chi connectivity index (χ0n) is 9.01. The van der Waals surface area contributed by atoms with Gasteiger partial charge in [0.25, 0.3) is 0 Å². The van der Waals surface area contributed by atoms with E-state index in [0.717, 1.165) is 29.4 Å². The van der Waals surface area contributed by atoms with E-state index in [1.54, 1.807) is 17.5 Å². The predicted molar refractivity (Wildman–Crippen MR) is 70.0 cm³/mol. The van der Waals surface area contributed by atoms with Crippen LogP contribution < -0.4 is 5.32 Å². The second-order valence-corrected chi connectivity index (χ2v) is 4.09. The van der Waals surface area contributed by atoms with E-state index in [9.17, 15) is 0 Å². The zero-order valence-corrected chi connectivity index (χ0v) is 10.6. The molecule has 0 atom stereocenters. The van der Waals surface area contributed by atoms with Crippen molar-refractivity contribution in [3.8, 4) is 11.3 Å².